The van der Waals surface area contributed by atoms with Gasteiger partial charge < -0.3 is 4.98 Å². The Morgan fingerprint density at radius 2 is 2.09 bits per heavy atom. The first kappa shape index (κ1) is 13.5. The molecule has 1 aromatic heterocycles. The van der Waals surface area contributed by atoms with Crippen LogP contribution in [0.5, 0.6) is 0 Å². The lowest BCUT2D eigenvalue weighted by molar-refractivity contribution is 0.0887. The number of benzene rings is 1. The fourth-order valence-corrected chi connectivity index (χ4v) is 4.02. The molecule has 0 saturated heterocycles. The second-order valence-electron chi connectivity index (χ2n) is 6.20. The number of nitrogens with one attached hydrogen (secondary N) is 2. The summed E-state index contributed by atoms with van der Waals surface area (Å²) < 4.78 is 14.5. The van der Waals surface area contributed by atoms with Crippen molar-refractivity contribution in [1.29, 1.82) is 0 Å². The summed E-state index contributed by atoms with van der Waals surface area (Å²) in [6, 6.07) is 5.17. The van der Waals surface area contributed by atoms with Crippen molar-refractivity contribution < 1.29 is 4.39 Å². The third-order valence-corrected chi connectivity index (χ3v) is 5.10. The normalized spacial score (nSPS) is 23.5. The molecule has 1 spiro atoms. The van der Waals surface area contributed by atoms with E-state index in [9.17, 15) is 14.0 Å². The third-order valence-electron chi connectivity index (χ3n) is 5.10. The highest BCUT2D eigenvalue weighted by Crippen LogP contribution is 2.47. The van der Waals surface area contributed by atoms with Gasteiger partial charge in [0.2, 0.25) is 0 Å². The number of H-pyrrole nitrogens is 2. The molecule has 2 aromatic rings. The maximum atomic E-state index is 14.5. The van der Waals surface area contributed by atoms with E-state index in [1.807, 2.05) is 18.0 Å². The first-order valence-corrected chi connectivity index (χ1v) is 7.35. The monoisotopic (exact) mass is 301 g/mol. The largest absolute Gasteiger partial charge is 0.325 e. The molecule has 6 heteroatoms. The molecule has 4 rings (SSSR count). The highest BCUT2D eigenvalue weighted by molar-refractivity contribution is 5.43. The van der Waals surface area contributed by atoms with Gasteiger partial charge in [-0.05, 0) is 31.5 Å². The van der Waals surface area contributed by atoms with Crippen molar-refractivity contribution >= 4 is 0 Å². The molecule has 1 aromatic carbocycles. The Morgan fingerprint density at radius 1 is 1.27 bits per heavy atom. The molecule has 5 nitrogen and oxygen atoms in total. The average molecular weight is 301 g/mol. The fourth-order valence-electron chi connectivity index (χ4n) is 4.02. The van der Waals surface area contributed by atoms with Crippen molar-refractivity contribution in [1.82, 2.24) is 14.9 Å². The van der Waals surface area contributed by atoms with Gasteiger partial charge in [0.1, 0.15) is 5.82 Å². The molecule has 22 heavy (non-hydrogen) atoms. The van der Waals surface area contributed by atoms with Crippen LogP contribution in [-0.2, 0) is 24.9 Å². The van der Waals surface area contributed by atoms with Crippen LogP contribution in [0.2, 0.25) is 0 Å². The molecule has 0 amide bonds. The van der Waals surface area contributed by atoms with Gasteiger partial charge in [-0.3, -0.25) is 14.7 Å². The molecule has 2 aliphatic rings. The lowest BCUT2D eigenvalue weighted by Gasteiger charge is -2.43. The zero-order valence-corrected chi connectivity index (χ0v) is 12.2. The van der Waals surface area contributed by atoms with Gasteiger partial charge in [0.25, 0.3) is 5.56 Å². The molecule has 2 heterocycles. The molecule has 0 saturated carbocycles. The van der Waals surface area contributed by atoms with Crippen molar-refractivity contribution in [3.05, 3.63) is 67.2 Å². The Bertz CT molecular complexity index is 886. The third kappa shape index (κ3) is 1.67. The summed E-state index contributed by atoms with van der Waals surface area (Å²) in [6.07, 6.45) is 2.04. The van der Waals surface area contributed by atoms with Crippen LogP contribution in [0.3, 0.4) is 0 Å². The quantitative estimate of drug-likeness (QED) is 0.764. The Kier molecular flexibility index (Phi) is 2.69. The van der Waals surface area contributed by atoms with E-state index in [0.717, 1.165) is 18.4 Å². The van der Waals surface area contributed by atoms with Gasteiger partial charge in [-0.25, -0.2) is 9.18 Å². The zero-order chi connectivity index (χ0) is 15.5. The number of nitrogens with zero attached hydrogens (tertiary/aromatic N) is 1. The van der Waals surface area contributed by atoms with Crippen LogP contribution in [-0.4, -0.2) is 21.9 Å². The van der Waals surface area contributed by atoms with E-state index in [1.165, 1.54) is 6.07 Å². The van der Waals surface area contributed by atoms with Crippen molar-refractivity contribution in [2.75, 3.05) is 7.05 Å². The van der Waals surface area contributed by atoms with Gasteiger partial charge in [0.05, 0.1) is 11.1 Å². The molecular weight excluding hydrogens is 285 g/mol. The molecule has 1 unspecified atom stereocenters. The SMILES string of the molecule is CN1Cc2c([nH]c(=O)[nH]c2=O)CC12CCc1cccc(F)c12. The zero-order valence-electron chi connectivity index (χ0n) is 12.2. The number of halogens is 1. The van der Waals surface area contributed by atoms with Crippen LogP contribution in [0.15, 0.2) is 27.8 Å². The predicted molar refractivity (Wildman–Crippen MR) is 79.3 cm³/mol. The number of aryl methyl sites for hydroxylation is 1. The van der Waals surface area contributed by atoms with Crippen molar-refractivity contribution in [3.63, 3.8) is 0 Å². The molecule has 1 aliphatic heterocycles. The number of hydrogen-bond donors (Lipinski definition) is 2. The minimum Gasteiger partial charge on any atom is -0.311 e. The summed E-state index contributed by atoms with van der Waals surface area (Å²) >= 11 is 0. The number of aromatic nitrogens is 2. The smallest absolute Gasteiger partial charge is 0.311 e. The second-order valence-corrected chi connectivity index (χ2v) is 6.20. The van der Waals surface area contributed by atoms with Crippen LogP contribution >= 0.6 is 0 Å². The standard InChI is InChI=1S/C16H16FN3O2/c1-20-8-10-12(18-15(22)19-14(10)21)7-16(20)6-5-9-3-2-4-11(17)13(9)16/h2-4H,5-8H2,1H3,(H2,18,19,21,22). The number of hydrogen-bond acceptors (Lipinski definition) is 3. The molecular formula is C16H16FN3O2. The van der Waals surface area contributed by atoms with E-state index in [2.05, 4.69) is 9.97 Å². The number of rotatable bonds is 0. The Balaban J connectivity index is 1.93. The van der Waals surface area contributed by atoms with E-state index in [-0.39, 0.29) is 11.4 Å². The molecule has 114 valence electrons. The van der Waals surface area contributed by atoms with Crippen LogP contribution in [0, 0.1) is 5.82 Å². The van der Waals surface area contributed by atoms with Crippen molar-refractivity contribution in [2.45, 2.75) is 31.3 Å². The van der Waals surface area contributed by atoms with Crippen LogP contribution in [0.4, 0.5) is 4.39 Å². The molecule has 0 bridgehead atoms. The Labute approximate surface area is 125 Å². The second kappa shape index (κ2) is 4.39. The summed E-state index contributed by atoms with van der Waals surface area (Å²) in [4.78, 5) is 30.6. The van der Waals surface area contributed by atoms with Crippen LogP contribution in [0.25, 0.3) is 0 Å². The maximum Gasteiger partial charge on any atom is 0.325 e. The molecule has 1 atom stereocenters. The van der Waals surface area contributed by atoms with Crippen molar-refractivity contribution in [3.8, 4) is 0 Å². The van der Waals surface area contributed by atoms with Gasteiger partial charge in [-0.15, -0.1) is 0 Å². The van der Waals surface area contributed by atoms with Gasteiger partial charge in [-0.2, -0.15) is 0 Å². The highest BCUT2D eigenvalue weighted by Gasteiger charge is 2.47. The number of fused-ring (bicyclic) bond motifs is 3. The number of aromatic amines is 2. The minimum atomic E-state index is -0.504. The van der Waals surface area contributed by atoms with E-state index in [0.29, 0.717) is 29.8 Å². The molecule has 0 fully saturated rings. The van der Waals surface area contributed by atoms with Gasteiger partial charge in [0.15, 0.2) is 0 Å². The first-order valence-electron chi connectivity index (χ1n) is 7.35. The molecule has 2 N–H and O–H groups in total. The van der Waals surface area contributed by atoms with Gasteiger partial charge >= 0.3 is 5.69 Å². The van der Waals surface area contributed by atoms with E-state index < -0.39 is 11.2 Å². The van der Waals surface area contributed by atoms with E-state index >= 15 is 0 Å². The highest BCUT2D eigenvalue weighted by atomic mass is 19.1. The summed E-state index contributed by atoms with van der Waals surface area (Å²) in [5, 5.41) is 0. The van der Waals surface area contributed by atoms with Crippen molar-refractivity contribution in [2.24, 2.45) is 0 Å². The average Bonchev–Trinajstić information content (AvgIpc) is 2.82. The Hall–Kier alpha value is -2.21. The number of likely N-dealkylation sites (N-methyl/N-ethyl adjacent to an activating group) is 1. The lowest BCUT2D eigenvalue weighted by Crippen LogP contribution is -2.50. The van der Waals surface area contributed by atoms with Crippen LogP contribution < -0.4 is 11.2 Å². The van der Waals surface area contributed by atoms with Gasteiger partial charge in [-0.1, -0.05) is 12.1 Å². The first-order chi connectivity index (χ1) is 10.5. The summed E-state index contributed by atoms with van der Waals surface area (Å²) in [7, 11) is 1.91. The summed E-state index contributed by atoms with van der Waals surface area (Å²) in [6.45, 7) is 0.398. The van der Waals surface area contributed by atoms with E-state index in [4.69, 9.17) is 0 Å². The lowest BCUT2D eigenvalue weighted by atomic mass is 9.81. The minimum absolute atomic E-state index is 0.211. The molecule has 0 radical (unpaired) electrons. The van der Waals surface area contributed by atoms with E-state index in [1.54, 1.807) is 6.07 Å². The van der Waals surface area contributed by atoms with Crippen LogP contribution in [0.1, 0.15) is 28.8 Å². The van der Waals surface area contributed by atoms with Gasteiger partial charge in [0, 0.05) is 24.2 Å². The maximum absolute atomic E-state index is 14.5. The summed E-state index contributed by atoms with van der Waals surface area (Å²) in [5.41, 5.74) is 1.58. The summed E-state index contributed by atoms with van der Waals surface area (Å²) in [5.74, 6) is -0.211. The topological polar surface area (TPSA) is 69.0 Å². The predicted octanol–water partition coefficient (Wildman–Crippen LogP) is 1.03. The Morgan fingerprint density at radius 3 is 2.91 bits per heavy atom. The fraction of sp³-hybridized carbons (Fsp3) is 0.375. The molecule has 1 aliphatic carbocycles.